The van der Waals surface area contributed by atoms with Gasteiger partial charge in [0.05, 0.1) is 5.02 Å². The molecule has 4 rings (SSSR count). The molecule has 0 radical (unpaired) electrons. The molecule has 0 aliphatic heterocycles. The second kappa shape index (κ2) is 6.43. The summed E-state index contributed by atoms with van der Waals surface area (Å²) in [7, 11) is 0. The lowest BCUT2D eigenvalue weighted by atomic mass is 10.1. The molecule has 0 saturated heterocycles. The van der Waals surface area contributed by atoms with E-state index in [0.29, 0.717) is 28.3 Å². The van der Waals surface area contributed by atoms with Crippen LogP contribution in [-0.4, -0.2) is 12.5 Å². The fourth-order valence-corrected chi connectivity index (χ4v) is 4.77. The molecule has 1 saturated carbocycles. The standard InChI is InChI=1S/C20H17ClFNOS/c1-11-5-6-15-17(7-11)25-19(18(15)21)20(24)23-10-13-9-16(13)12-3-2-4-14(22)8-12/h2-8,13,16H,9-10H2,1H3,(H,23,24). The first kappa shape index (κ1) is 16.6. The van der Waals surface area contributed by atoms with E-state index in [9.17, 15) is 9.18 Å². The SMILES string of the molecule is Cc1ccc2c(Cl)c(C(=O)NCC3CC3c3cccc(F)c3)sc2c1. The molecule has 1 aliphatic rings. The van der Waals surface area contributed by atoms with E-state index in [1.807, 2.05) is 31.2 Å². The van der Waals surface area contributed by atoms with E-state index in [2.05, 4.69) is 5.32 Å². The second-order valence-corrected chi connectivity index (χ2v) is 8.04. The normalized spacial score (nSPS) is 19.2. The van der Waals surface area contributed by atoms with Gasteiger partial charge in [-0.05, 0) is 54.5 Å². The fourth-order valence-electron chi connectivity index (χ4n) is 3.24. The van der Waals surface area contributed by atoms with Gasteiger partial charge in [0.1, 0.15) is 10.7 Å². The van der Waals surface area contributed by atoms with Crippen molar-refractivity contribution >= 4 is 38.9 Å². The van der Waals surface area contributed by atoms with Gasteiger partial charge in [0.25, 0.3) is 5.91 Å². The molecule has 2 atom stereocenters. The first-order valence-corrected chi connectivity index (χ1v) is 9.44. The molecular weight excluding hydrogens is 357 g/mol. The number of amides is 1. The van der Waals surface area contributed by atoms with Gasteiger partial charge < -0.3 is 5.32 Å². The van der Waals surface area contributed by atoms with Gasteiger partial charge in [-0.25, -0.2) is 4.39 Å². The van der Waals surface area contributed by atoms with Crippen LogP contribution in [0.1, 0.15) is 33.1 Å². The molecule has 1 aliphatic carbocycles. The minimum Gasteiger partial charge on any atom is -0.351 e. The molecule has 1 aromatic heterocycles. The maximum Gasteiger partial charge on any atom is 0.262 e. The van der Waals surface area contributed by atoms with Crippen molar-refractivity contribution in [3.63, 3.8) is 0 Å². The van der Waals surface area contributed by atoms with Crippen LogP contribution in [0.4, 0.5) is 4.39 Å². The lowest BCUT2D eigenvalue weighted by Crippen LogP contribution is -2.25. The van der Waals surface area contributed by atoms with Crippen LogP contribution in [0.3, 0.4) is 0 Å². The average molecular weight is 374 g/mol. The Hall–Kier alpha value is -1.91. The Morgan fingerprint density at radius 2 is 2.16 bits per heavy atom. The van der Waals surface area contributed by atoms with E-state index < -0.39 is 0 Å². The van der Waals surface area contributed by atoms with E-state index in [-0.39, 0.29) is 11.7 Å². The summed E-state index contributed by atoms with van der Waals surface area (Å²) in [6.07, 6.45) is 0.975. The number of rotatable bonds is 4. The zero-order valence-corrected chi connectivity index (χ0v) is 15.3. The van der Waals surface area contributed by atoms with Crippen molar-refractivity contribution < 1.29 is 9.18 Å². The molecule has 3 aromatic rings. The van der Waals surface area contributed by atoms with Crippen LogP contribution < -0.4 is 5.32 Å². The molecule has 1 N–H and O–H groups in total. The largest absolute Gasteiger partial charge is 0.351 e. The first-order valence-electron chi connectivity index (χ1n) is 8.25. The van der Waals surface area contributed by atoms with Crippen molar-refractivity contribution in [2.75, 3.05) is 6.54 Å². The summed E-state index contributed by atoms with van der Waals surface area (Å²) < 4.78 is 14.3. The zero-order chi connectivity index (χ0) is 17.6. The number of aryl methyl sites for hydroxylation is 1. The van der Waals surface area contributed by atoms with E-state index in [1.54, 1.807) is 12.1 Å². The summed E-state index contributed by atoms with van der Waals surface area (Å²) in [5.41, 5.74) is 2.16. The highest BCUT2D eigenvalue weighted by Gasteiger charge is 2.38. The number of hydrogen-bond acceptors (Lipinski definition) is 2. The summed E-state index contributed by atoms with van der Waals surface area (Å²) in [5, 5.41) is 4.43. The first-order chi connectivity index (χ1) is 12.0. The predicted octanol–water partition coefficient (Wildman–Crippen LogP) is 5.54. The molecule has 1 heterocycles. The third kappa shape index (κ3) is 3.29. The number of nitrogens with one attached hydrogen (secondary N) is 1. The lowest BCUT2D eigenvalue weighted by molar-refractivity contribution is 0.0956. The fraction of sp³-hybridized carbons (Fsp3) is 0.250. The Kier molecular flexibility index (Phi) is 4.26. The van der Waals surface area contributed by atoms with E-state index in [4.69, 9.17) is 11.6 Å². The van der Waals surface area contributed by atoms with Crippen LogP contribution in [0.25, 0.3) is 10.1 Å². The molecule has 1 amide bonds. The van der Waals surface area contributed by atoms with E-state index >= 15 is 0 Å². The Morgan fingerprint density at radius 3 is 2.96 bits per heavy atom. The highest BCUT2D eigenvalue weighted by molar-refractivity contribution is 7.21. The molecule has 0 bridgehead atoms. The molecule has 1 fully saturated rings. The van der Waals surface area contributed by atoms with Crippen molar-refractivity contribution in [1.29, 1.82) is 0 Å². The Labute approximate surface area is 154 Å². The summed E-state index contributed by atoms with van der Waals surface area (Å²) in [4.78, 5) is 13.1. The Bertz CT molecular complexity index is 967. The second-order valence-electron chi connectivity index (χ2n) is 6.61. The third-order valence-electron chi connectivity index (χ3n) is 4.72. The van der Waals surface area contributed by atoms with Gasteiger partial charge in [-0.15, -0.1) is 11.3 Å². The van der Waals surface area contributed by atoms with Crippen molar-refractivity contribution in [2.45, 2.75) is 19.3 Å². The van der Waals surface area contributed by atoms with E-state index in [1.165, 1.54) is 17.4 Å². The van der Waals surface area contributed by atoms with Gasteiger partial charge in [0.15, 0.2) is 0 Å². The van der Waals surface area contributed by atoms with Gasteiger partial charge in [0, 0.05) is 16.6 Å². The number of carbonyl (C=O) groups excluding carboxylic acids is 1. The Morgan fingerprint density at radius 1 is 1.32 bits per heavy atom. The minimum absolute atomic E-state index is 0.131. The molecule has 2 aromatic carbocycles. The van der Waals surface area contributed by atoms with Crippen LogP contribution in [-0.2, 0) is 0 Å². The van der Waals surface area contributed by atoms with Crippen LogP contribution >= 0.6 is 22.9 Å². The molecule has 2 nitrogen and oxygen atoms in total. The van der Waals surface area contributed by atoms with Crippen molar-refractivity contribution in [3.05, 3.63) is 69.3 Å². The highest BCUT2D eigenvalue weighted by atomic mass is 35.5. The van der Waals surface area contributed by atoms with Crippen LogP contribution in [0.5, 0.6) is 0 Å². The topological polar surface area (TPSA) is 29.1 Å². The van der Waals surface area contributed by atoms with Crippen LogP contribution in [0.15, 0.2) is 42.5 Å². The summed E-state index contributed by atoms with van der Waals surface area (Å²) in [6, 6.07) is 12.7. The van der Waals surface area contributed by atoms with Crippen molar-refractivity contribution in [1.82, 2.24) is 5.32 Å². The monoisotopic (exact) mass is 373 g/mol. The average Bonchev–Trinajstić information content (AvgIpc) is 3.30. The van der Waals surface area contributed by atoms with Crippen LogP contribution in [0.2, 0.25) is 5.02 Å². The van der Waals surface area contributed by atoms with Gasteiger partial charge in [0.2, 0.25) is 0 Å². The quantitative estimate of drug-likeness (QED) is 0.639. The number of carbonyl (C=O) groups is 1. The van der Waals surface area contributed by atoms with Crippen molar-refractivity contribution in [2.24, 2.45) is 5.92 Å². The number of hydrogen-bond donors (Lipinski definition) is 1. The summed E-state index contributed by atoms with van der Waals surface area (Å²) in [6.45, 7) is 2.61. The smallest absolute Gasteiger partial charge is 0.262 e. The third-order valence-corrected chi connectivity index (χ3v) is 6.37. The minimum atomic E-state index is -0.209. The maximum absolute atomic E-state index is 13.3. The number of benzene rings is 2. The molecule has 25 heavy (non-hydrogen) atoms. The molecular formula is C20H17ClFNOS. The van der Waals surface area contributed by atoms with Gasteiger partial charge >= 0.3 is 0 Å². The molecule has 2 unspecified atom stereocenters. The van der Waals surface area contributed by atoms with Gasteiger partial charge in [-0.3, -0.25) is 4.79 Å². The van der Waals surface area contributed by atoms with Crippen molar-refractivity contribution in [3.8, 4) is 0 Å². The lowest BCUT2D eigenvalue weighted by Gasteiger charge is -2.04. The number of halogens is 2. The van der Waals surface area contributed by atoms with Crippen LogP contribution in [0, 0.1) is 18.7 Å². The molecule has 0 spiro atoms. The highest BCUT2D eigenvalue weighted by Crippen LogP contribution is 2.47. The number of fused-ring (bicyclic) bond motifs is 1. The Balaban J connectivity index is 1.43. The van der Waals surface area contributed by atoms with Gasteiger partial charge in [-0.2, -0.15) is 0 Å². The van der Waals surface area contributed by atoms with Gasteiger partial charge in [-0.1, -0.05) is 35.9 Å². The van der Waals surface area contributed by atoms with E-state index in [0.717, 1.165) is 27.6 Å². The molecule has 128 valence electrons. The zero-order valence-electron chi connectivity index (χ0n) is 13.7. The summed E-state index contributed by atoms with van der Waals surface area (Å²) in [5.74, 6) is 0.353. The number of thiophene rings is 1. The molecule has 5 heteroatoms. The maximum atomic E-state index is 13.3. The summed E-state index contributed by atoms with van der Waals surface area (Å²) >= 11 is 7.81. The predicted molar refractivity (Wildman–Crippen MR) is 101 cm³/mol.